The van der Waals surface area contributed by atoms with Crippen LogP contribution in [0.2, 0.25) is 0 Å². The van der Waals surface area contributed by atoms with Crippen molar-refractivity contribution in [3.63, 3.8) is 0 Å². The van der Waals surface area contributed by atoms with Crippen LogP contribution in [0.4, 0.5) is 0 Å². The Morgan fingerprint density at radius 2 is 1.45 bits per heavy atom. The van der Waals surface area contributed by atoms with Gasteiger partial charge in [0.2, 0.25) is 0 Å². The summed E-state index contributed by atoms with van der Waals surface area (Å²) in [5, 5.41) is 2.75. The van der Waals surface area contributed by atoms with Crippen molar-refractivity contribution >= 4 is 10.8 Å². The summed E-state index contributed by atoms with van der Waals surface area (Å²) in [4.78, 5) is 0. The number of hydrogen-bond donors (Lipinski definition) is 0. The largest absolute Gasteiger partial charge is 0.0645 e. The van der Waals surface area contributed by atoms with Crippen LogP contribution >= 0.6 is 0 Å². The van der Waals surface area contributed by atoms with E-state index in [0.29, 0.717) is 0 Å². The molecule has 0 aliphatic rings. The third kappa shape index (κ3) is 2.92. The lowest BCUT2D eigenvalue weighted by molar-refractivity contribution is 0.422. The van der Waals surface area contributed by atoms with Crippen molar-refractivity contribution in [3.05, 3.63) is 83.9 Å². The Kier molecular flexibility index (Phi) is 4.29. The van der Waals surface area contributed by atoms with Crippen molar-refractivity contribution in [3.8, 4) is 0 Å². The second kappa shape index (κ2) is 6.36. The first kappa shape index (κ1) is 14.8. The molecule has 0 radical (unpaired) electrons. The summed E-state index contributed by atoms with van der Waals surface area (Å²) in [5.41, 5.74) is 3.14. The van der Waals surface area contributed by atoms with Gasteiger partial charge >= 0.3 is 0 Å². The molecule has 0 saturated carbocycles. The number of aryl methyl sites for hydroxylation is 1. The zero-order valence-corrected chi connectivity index (χ0v) is 13.5. The van der Waals surface area contributed by atoms with E-state index in [0.717, 1.165) is 12.8 Å². The number of benzene rings is 3. The maximum absolute atomic E-state index is 2.41. The molecule has 0 aliphatic heterocycles. The minimum atomic E-state index is 0.219. The number of hydrogen-bond acceptors (Lipinski definition) is 0. The minimum absolute atomic E-state index is 0.219. The van der Waals surface area contributed by atoms with Crippen LogP contribution in [0, 0.1) is 0 Å². The molecule has 0 aromatic heterocycles. The fraction of sp³-hybridized carbons (Fsp3) is 0.273. The van der Waals surface area contributed by atoms with E-state index >= 15 is 0 Å². The summed E-state index contributed by atoms with van der Waals surface area (Å²) in [6.45, 7) is 4.73. The molecule has 0 heteroatoms. The van der Waals surface area contributed by atoms with Crippen LogP contribution in [0.3, 0.4) is 0 Å². The first-order chi connectivity index (χ1) is 10.7. The normalized spacial score (nSPS) is 13.9. The van der Waals surface area contributed by atoms with Gasteiger partial charge in [0.05, 0.1) is 0 Å². The Hall–Kier alpha value is -2.08. The molecule has 0 unspecified atom stereocenters. The average Bonchev–Trinajstić information content (AvgIpc) is 2.60. The van der Waals surface area contributed by atoms with Gasteiger partial charge < -0.3 is 0 Å². The molecule has 3 aromatic carbocycles. The highest BCUT2D eigenvalue weighted by atomic mass is 14.3. The molecule has 0 N–H and O–H groups in total. The third-order valence-corrected chi connectivity index (χ3v) is 5.03. The SMILES string of the molecule is CC[C@@](C)(CCc1ccccc1)c1cccc2ccccc12. The average molecular weight is 288 g/mol. The van der Waals surface area contributed by atoms with E-state index in [1.807, 2.05) is 0 Å². The summed E-state index contributed by atoms with van der Waals surface area (Å²) in [5.74, 6) is 0. The van der Waals surface area contributed by atoms with E-state index in [1.54, 1.807) is 0 Å². The van der Waals surface area contributed by atoms with Crippen LogP contribution < -0.4 is 0 Å². The first-order valence-corrected chi connectivity index (χ1v) is 8.25. The van der Waals surface area contributed by atoms with Gasteiger partial charge in [-0.1, -0.05) is 86.6 Å². The van der Waals surface area contributed by atoms with Gasteiger partial charge in [0.25, 0.3) is 0 Å². The van der Waals surface area contributed by atoms with Crippen molar-refractivity contribution in [2.24, 2.45) is 0 Å². The molecule has 0 saturated heterocycles. The van der Waals surface area contributed by atoms with Crippen molar-refractivity contribution in [2.45, 2.75) is 38.5 Å². The Labute approximate surface area is 133 Å². The molecule has 3 aromatic rings. The highest BCUT2D eigenvalue weighted by molar-refractivity contribution is 5.86. The summed E-state index contributed by atoms with van der Waals surface area (Å²) >= 11 is 0. The van der Waals surface area contributed by atoms with Crippen molar-refractivity contribution < 1.29 is 0 Å². The molecule has 0 aliphatic carbocycles. The van der Waals surface area contributed by atoms with Crippen LogP contribution in [0.5, 0.6) is 0 Å². The summed E-state index contributed by atoms with van der Waals surface area (Å²) in [6.07, 6.45) is 3.48. The predicted molar refractivity (Wildman–Crippen MR) is 96.4 cm³/mol. The van der Waals surface area contributed by atoms with Gasteiger partial charge in [0.15, 0.2) is 0 Å². The second-order valence-electron chi connectivity index (χ2n) is 6.43. The van der Waals surface area contributed by atoms with E-state index in [-0.39, 0.29) is 5.41 Å². The molecule has 0 fully saturated rings. The molecule has 22 heavy (non-hydrogen) atoms. The molecule has 0 bridgehead atoms. The smallest absolute Gasteiger partial charge is 0.00686 e. The predicted octanol–water partition coefficient (Wildman–Crippen LogP) is 6.14. The summed E-state index contributed by atoms with van der Waals surface area (Å²) < 4.78 is 0. The fourth-order valence-corrected chi connectivity index (χ4v) is 3.32. The van der Waals surface area contributed by atoms with E-state index in [9.17, 15) is 0 Å². The van der Waals surface area contributed by atoms with Crippen molar-refractivity contribution in [1.29, 1.82) is 0 Å². The van der Waals surface area contributed by atoms with E-state index in [1.165, 1.54) is 28.3 Å². The number of rotatable bonds is 5. The quantitative estimate of drug-likeness (QED) is 0.529. The molecular formula is C22H24. The fourth-order valence-electron chi connectivity index (χ4n) is 3.32. The first-order valence-electron chi connectivity index (χ1n) is 8.25. The van der Waals surface area contributed by atoms with Crippen LogP contribution in [0.1, 0.15) is 37.8 Å². The van der Waals surface area contributed by atoms with E-state index in [4.69, 9.17) is 0 Å². The number of fused-ring (bicyclic) bond motifs is 1. The Morgan fingerprint density at radius 3 is 2.23 bits per heavy atom. The van der Waals surface area contributed by atoms with Crippen LogP contribution in [-0.2, 0) is 11.8 Å². The maximum Gasteiger partial charge on any atom is -0.00686 e. The lowest BCUT2D eigenvalue weighted by atomic mass is 9.74. The van der Waals surface area contributed by atoms with Gasteiger partial charge in [-0.2, -0.15) is 0 Å². The van der Waals surface area contributed by atoms with Gasteiger partial charge in [0, 0.05) is 0 Å². The van der Waals surface area contributed by atoms with Gasteiger partial charge in [-0.3, -0.25) is 0 Å². The van der Waals surface area contributed by atoms with Gasteiger partial charge in [0.1, 0.15) is 0 Å². The maximum atomic E-state index is 2.41. The molecule has 0 nitrogen and oxygen atoms in total. The molecule has 112 valence electrons. The Bertz CT molecular complexity index is 737. The van der Waals surface area contributed by atoms with E-state index in [2.05, 4.69) is 86.6 Å². The van der Waals surface area contributed by atoms with Crippen LogP contribution in [-0.4, -0.2) is 0 Å². The zero-order valence-electron chi connectivity index (χ0n) is 13.5. The highest BCUT2D eigenvalue weighted by Crippen LogP contribution is 2.36. The van der Waals surface area contributed by atoms with Crippen LogP contribution in [0.25, 0.3) is 10.8 Å². The molecule has 3 rings (SSSR count). The van der Waals surface area contributed by atoms with Gasteiger partial charge in [-0.15, -0.1) is 0 Å². The molecule has 0 heterocycles. The lowest BCUT2D eigenvalue weighted by Crippen LogP contribution is -2.22. The summed E-state index contributed by atoms with van der Waals surface area (Å²) in [6, 6.07) is 26.3. The molecule has 0 spiro atoms. The van der Waals surface area contributed by atoms with Gasteiger partial charge in [-0.05, 0) is 46.6 Å². The van der Waals surface area contributed by atoms with Crippen molar-refractivity contribution in [2.75, 3.05) is 0 Å². The molecular weight excluding hydrogens is 264 g/mol. The standard InChI is InChI=1S/C22H24/c1-3-22(2,17-16-18-10-5-4-6-11-18)21-15-9-13-19-12-7-8-14-20(19)21/h4-15H,3,16-17H2,1-2H3/t22-/m0/s1. The highest BCUT2D eigenvalue weighted by Gasteiger charge is 2.25. The Balaban J connectivity index is 1.94. The lowest BCUT2D eigenvalue weighted by Gasteiger charge is -2.30. The molecule has 0 amide bonds. The zero-order chi connectivity index (χ0) is 15.4. The summed E-state index contributed by atoms with van der Waals surface area (Å²) in [7, 11) is 0. The Morgan fingerprint density at radius 1 is 0.773 bits per heavy atom. The molecule has 1 atom stereocenters. The third-order valence-electron chi connectivity index (χ3n) is 5.03. The van der Waals surface area contributed by atoms with Crippen LogP contribution in [0.15, 0.2) is 72.8 Å². The second-order valence-corrected chi connectivity index (χ2v) is 6.43. The monoisotopic (exact) mass is 288 g/mol. The van der Waals surface area contributed by atoms with Gasteiger partial charge in [-0.25, -0.2) is 0 Å². The topological polar surface area (TPSA) is 0 Å². The van der Waals surface area contributed by atoms with Crippen molar-refractivity contribution in [1.82, 2.24) is 0 Å². The minimum Gasteiger partial charge on any atom is -0.0645 e. The van der Waals surface area contributed by atoms with E-state index < -0.39 is 0 Å².